The Morgan fingerprint density at radius 3 is 2.43 bits per heavy atom. The molecular formula is C18H23NO2. The quantitative estimate of drug-likeness (QED) is 0.795. The highest BCUT2D eigenvalue weighted by Crippen LogP contribution is 2.34. The first-order valence-corrected chi connectivity index (χ1v) is 7.31. The Labute approximate surface area is 126 Å². The van der Waals surface area contributed by atoms with Gasteiger partial charge >= 0.3 is 0 Å². The molecule has 3 nitrogen and oxygen atoms in total. The number of hydrogen-bond donors (Lipinski definition) is 1. The van der Waals surface area contributed by atoms with Crippen molar-refractivity contribution in [2.45, 2.75) is 33.6 Å². The van der Waals surface area contributed by atoms with E-state index in [4.69, 9.17) is 15.2 Å². The molecule has 0 heterocycles. The molecular weight excluding hydrogens is 262 g/mol. The zero-order chi connectivity index (χ0) is 15.4. The van der Waals surface area contributed by atoms with Crippen LogP contribution >= 0.6 is 0 Å². The third kappa shape index (κ3) is 3.91. The van der Waals surface area contributed by atoms with Gasteiger partial charge in [-0.2, -0.15) is 0 Å². The standard InChI is InChI=1S/C18H23NO2/c1-5-20-15-9-14(19)10-16(11-15)21-18-8-13(4)6-7-17(18)12(2)3/h6-12H,5,19H2,1-4H3. The summed E-state index contributed by atoms with van der Waals surface area (Å²) in [5, 5.41) is 0. The van der Waals surface area contributed by atoms with Crippen molar-refractivity contribution in [3.8, 4) is 17.2 Å². The zero-order valence-corrected chi connectivity index (χ0v) is 13.1. The molecule has 2 N–H and O–H groups in total. The maximum Gasteiger partial charge on any atom is 0.133 e. The molecule has 0 spiro atoms. The average Bonchev–Trinajstić information content (AvgIpc) is 2.38. The third-order valence-corrected chi connectivity index (χ3v) is 3.23. The molecule has 0 fully saturated rings. The van der Waals surface area contributed by atoms with Crippen LogP contribution in [0.1, 0.15) is 37.8 Å². The first-order chi connectivity index (χ1) is 9.99. The number of anilines is 1. The normalized spacial score (nSPS) is 10.7. The summed E-state index contributed by atoms with van der Waals surface area (Å²) < 4.78 is 11.6. The SMILES string of the molecule is CCOc1cc(N)cc(Oc2cc(C)ccc2C(C)C)c1. The smallest absolute Gasteiger partial charge is 0.133 e. The molecule has 0 amide bonds. The minimum absolute atomic E-state index is 0.396. The molecule has 0 aliphatic rings. The van der Waals surface area contributed by atoms with Gasteiger partial charge in [0.2, 0.25) is 0 Å². The molecule has 2 rings (SSSR count). The van der Waals surface area contributed by atoms with Crippen LogP contribution in [0.5, 0.6) is 17.2 Å². The fourth-order valence-electron chi connectivity index (χ4n) is 2.24. The summed E-state index contributed by atoms with van der Waals surface area (Å²) in [7, 11) is 0. The van der Waals surface area contributed by atoms with Crippen LogP contribution in [-0.2, 0) is 0 Å². The lowest BCUT2D eigenvalue weighted by Gasteiger charge is -2.15. The molecule has 0 saturated carbocycles. The van der Waals surface area contributed by atoms with E-state index in [2.05, 4.69) is 39.0 Å². The maximum atomic E-state index is 6.06. The Bertz CT molecular complexity index is 621. The monoisotopic (exact) mass is 285 g/mol. The number of rotatable bonds is 5. The predicted molar refractivity (Wildman–Crippen MR) is 87.4 cm³/mol. The molecule has 21 heavy (non-hydrogen) atoms. The summed E-state index contributed by atoms with van der Waals surface area (Å²) >= 11 is 0. The Kier molecular flexibility index (Phi) is 4.73. The lowest BCUT2D eigenvalue weighted by atomic mass is 10.0. The van der Waals surface area contributed by atoms with Gasteiger partial charge in [-0.1, -0.05) is 26.0 Å². The average molecular weight is 285 g/mol. The minimum Gasteiger partial charge on any atom is -0.494 e. The Morgan fingerprint density at radius 2 is 1.76 bits per heavy atom. The summed E-state index contributed by atoms with van der Waals surface area (Å²) in [5.74, 6) is 2.70. The second-order valence-corrected chi connectivity index (χ2v) is 5.47. The van der Waals surface area contributed by atoms with Crippen molar-refractivity contribution < 1.29 is 9.47 Å². The van der Waals surface area contributed by atoms with Crippen LogP contribution in [0, 0.1) is 6.92 Å². The van der Waals surface area contributed by atoms with E-state index in [1.54, 1.807) is 6.07 Å². The molecule has 0 aliphatic heterocycles. The molecule has 0 atom stereocenters. The Hall–Kier alpha value is -2.16. The Balaban J connectivity index is 2.35. The van der Waals surface area contributed by atoms with E-state index in [0.29, 0.717) is 24.0 Å². The van der Waals surface area contributed by atoms with Gasteiger partial charge in [0, 0.05) is 23.9 Å². The van der Waals surface area contributed by atoms with Gasteiger partial charge in [0.05, 0.1) is 6.61 Å². The molecule has 3 heteroatoms. The van der Waals surface area contributed by atoms with Gasteiger partial charge in [0.15, 0.2) is 0 Å². The van der Waals surface area contributed by atoms with Crippen molar-refractivity contribution in [2.75, 3.05) is 12.3 Å². The van der Waals surface area contributed by atoms with Crippen molar-refractivity contribution >= 4 is 5.69 Å². The first-order valence-electron chi connectivity index (χ1n) is 7.31. The number of ether oxygens (including phenoxy) is 2. The highest BCUT2D eigenvalue weighted by Gasteiger charge is 2.10. The van der Waals surface area contributed by atoms with Crippen LogP contribution < -0.4 is 15.2 Å². The van der Waals surface area contributed by atoms with Crippen LogP contribution in [-0.4, -0.2) is 6.61 Å². The molecule has 0 bridgehead atoms. The summed E-state index contributed by atoms with van der Waals surface area (Å²) in [6.45, 7) is 8.92. The summed E-state index contributed by atoms with van der Waals surface area (Å²) in [5.41, 5.74) is 8.90. The van der Waals surface area contributed by atoms with Crippen molar-refractivity contribution in [1.29, 1.82) is 0 Å². The summed E-state index contributed by atoms with van der Waals surface area (Å²) in [4.78, 5) is 0. The highest BCUT2D eigenvalue weighted by atomic mass is 16.5. The fraction of sp³-hybridized carbons (Fsp3) is 0.333. The molecule has 112 valence electrons. The number of benzene rings is 2. The molecule has 0 aromatic heterocycles. The summed E-state index contributed by atoms with van der Waals surface area (Å²) in [6.07, 6.45) is 0. The van der Waals surface area contributed by atoms with E-state index in [9.17, 15) is 0 Å². The van der Waals surface area contributed by atoms with Gasteiger partial charge in [0.25, 0.3) is 0 Å². The number of nitrogen functional groups attached to an aromatic ring is 1. The topological polar surface area (TPSA) is 44.5 Å². The molecule has 0 aliphatic carbocycles. The Morgan fingerprint density at radius 1 is 1.05 bits per heavy atom. The van der Waals surface area contributed by atoms with Gasteiger partial charge in [-0.05, 0) is 37.0 Å². The molecule has 2 aromatic rings. The first kappa shape index (κ1) is 15.2. The maximum absolute atomic E-state index is 6.06. The van der Waals surface area contributed by atoms with Crippen molar-refractivity contribution in [3.63, 3.8) is 0 Å². The predicted octanol–water partition coefficient (Wildman–Crippen LogP) is 4.89. The van der Waals surface area contributed by atoms with E-state index < -0.39 is 0 Å². The largest absolute Gasteiger partial charge is 0.494 e. The lowest BCUT2D eigenvalue weighted by molar-refractivity contribution is 0.338. The van der Waals surface area contributed by atoms with Gasteiger partial charge in [-0.25, -0.2) is 0 Å². The van der Waals surface area contributed by atoms with E-state index in [0.717, 1.165) is 11.5 Å². The van der Waals surface area contributed by atoms with Gasteiger partial charge in [0.1, 0.15) is 17.2 Å². The van der Waals surface area contributed by atoms with Gasteiger partial charge in [-0.15, -0.1) is 0 Å². The van der Waals surface area contributed by atoms with E-state index in [1.165, 1.54) is 11.1 Å². The zero-order valence-electron chi connectivity index (χ0n) is 13.1. The van der Waals surface area contributed by atoms with Crippen LogP contribution in [0.15, 0.2) is 36.4 Å². The molecule has 0 unspecified atom stereocenters. The van der Waals surface area contributed by atoms with Crippen molar-refractivity contribution in [1.82, 2.24) is 0 Å². The second kappa shape index (κ2) is 6.53. The minimum atomic E-state index is 0.396. The second-order valence-electron chi connectivity index (χ2n) is 5.47. The van der Waals surface area contributed by atoms with Crippen LogP contribution in [0.3, 0.4) is 0 Å². The lowest BCUT2D eigenvalue weighted by Crippen LogP contribution is -1.97. The number of nitrogens with two attached hydrogens (primary N) is 1. The van der Waals surface area contributed by atoms with Crippen LogP contribution in [0.25, 0.3) is 0 Å². The van der Waals surface area contributed by atoms with Gasteiger partial charge in [-0.3, -0.25) is 0 Å². The van der Waals surface area contributed by atoms with E-state index in [-0.39, 0.29) is 0 Å². The van der Waals surface area contributed by atoms with Gasteiger partial charge < -0.3 is 15.2 Å². The fourth-order valence-corrected chi connectivity index (χ4v) is 2.24. The van der Waals surface area contributed by atoms with Crippen molar-refractivity contribution in [3.05, 3.63) is 47.5 Å². The highest BCUT2D eigenvalue weighted by molar-refractivity contribution is 5.52. The number of hydrogen-bond acceptors (Lipinski definition) is 3. The van der Waals surface area contributed by atoms with Crippen LogP contribution in [0.2, 0.25) is 0 Å². The van der Waals surface area contributed by atoms with E-state index in [1.807, 2.05) is 19.1 Å². The third-order valence-electron chi connectivity index (χ3n) is 3.23. The number of aryl methyl sites for hydroxylation is 1. The van der Waals surface area contributed by atoms with E-state index >= 15 is 0 Å². The molecule has 2 aromatic carbocycles. The van der Waals surface area contributed by atoms with Crippen LogP contribution in [0.4, 0.5) is 5.69 Å². The molecule has 0 saturated heterocycles. The summed E-state index contributed by atoms with van der Waals surface area (Å²) in [6, 6.07) is 11.8. The van der Waals surface area contributed by atoms with Crippen molar-refractivity contribution in [2.24, 2.45) is 0 Å². The molecule has 0 radical (unpaired) electrons.